The van der Waals surface area contributed by atoms with Gasteiger partial charge in [0.2, 0.25) is 5.91 Å². The molecule has 0 aromatic heterocycles. The monoisotopic (exact) mass is 442 g/mol. The summed E-state index contributed by atoms with van der Waals surface area (Å²) in [7, 11) is 1.67. The molecule has 0 radical (unpaired) electrons. The topological polar surface area (TPSA) is 49.9 Å². The molecule has 4 rings (SSSR count). The highest BCUT2D eigenvalue weighted by Gasteiger charge is 2.32. The number of para-hydroxylation sites is 1. The number of rotatable bonds is 6. The second kappa shape index (κ2) is 10.3. The van der Waals surface area contributed by atoms with Crippen LogP contribution in [-0.4, -0.2) is 54.9 Å². The van der Waals surface area contributed by atoms with Crippen molar-refractivity contribution in [3.05, 3.63) is 90.0 Å². The standard InChI is InChI=1S/C28H30N2O3/c1-3-29-17-18-30(27(31)21-11-5-4-6-12-21)20-23(28(29)32)19-22-13-7-8-14-24(22)25-15-9-10-16-26(25)33-2/h4-16,23H,3,17-20H2,1-2H3. The van der Waals surface area contributed by atoms with E-state index in [4.69, 9.17) is 4.74 Å². The van der Waals surface area contributed by atoms with Crippen molar-refractivity contribution in [2.45, 2.75) is 13.3 Å². The van der Waals surface area contributed by atoms with Gasteiger partial charge in [0, 0.05) is 37.3 Å². The summed E-state index contributed by atoms with van der Waals surface area (Å²) in [6, 6.07) is 25.4. The summed E-state index contributed by atoms with van der Waals surface area (Å²) in [5.74, 6) is 0.573. The van der Waals surface area contributed by atoms with Gasteiger partial charge in [-0.15, -0.1) is 0 Å². The van der Waals surface area contributed by atoms with Crippen LogP contribution in [0.4, 0.5) is 0 Å². The van der Waals surface area contributed by atoms with Gasteiger partial charge in [-0.05, 0) is 42.7 Å². The molecule has 0 N–H and O–H groups in total. The molecule has 1 saturated heterocycles. The van der Waals surface area contributed by atoms with Crippen molar-refractivity contribution < 1.29 is 14.3 Å². The highest BCUT2D eigenvalue weighted by Crippen LogP contribution is 2.33. The van der Waals surface area contributed by atoms with Crippen LogP contribution in [0.5, 0.6) is 5.75 Å². The highest BCUT2D eigenvalue weighted by atomic mass is 16.5. The van der Waals surface area contributed by atoms with Gasteiger partial charge in [-0.3, -0.25) is 9.59 Å². The first-order valence-electron chi connectivity index (χ1n) is 11.5. The van der Waals surface area contributed by atoms with Crippen molar-refractivity contribution in [3.63, 3.8) is 0 Å². The lowest BCUT2D eigenvalue weighted by Crippen LogP contribution is -2.38. The van der Waals surface area contributed by atoms with Gasteiger partial charge in [-0.2, -0.15) is 0 Å². The SMILES string of the molecule is CCN1CCN(C(=O)c2ccccc2)CC(Cc2ccccc2-c2ccccc2OC)C1=O. The van der Waals surface area contributed by atoms with Crippen molar-refractivity contribution in [1.82, 2.24) is 9.80 Å². The van der Waals surface area contributed by atoms with Crippen LogP contribution in [0.3, 0.4) is 0 Å². The maximum Gasteiger partial charge on any atom is 0.253 e. The largest absolute Gasteiger partial charge is 0.496 e. The fraction of sp³-hybridized carbons (Fsp3) is 0.286. The maximum atomic E-state index is 13.4. The van der Waals surface area contributed by atoms with Crippen molar-refractivity contribution >= 4 is 11.8 Å². The summed E-state index contributed by atoms with van der Waals surface area (Å²) in [6.07, 6.45) is 0.558. The van der Waals surface area contributed by atoms with Crippen molar-refractivity contribution in [1.29, 1.82) is 0 Å². The Morgan fingerprint density at radius 1 is 0.909 bits per heavy atom. The van der Waals surface area contributed by atoms with Crippen LogP contribution in [-0.2, 0) is 11.2 Å². The molecule has 1 fully saturated rings. The van der Waals surface area contributed by atoms with E-state index in [1.165, 1.54) is 0 Å². The molecule has 1 unspecified atom stereocenters. The van der Waals surface area contributed by atoms with Crippen molar-refractivity contribution in [2.24, 2.45) is 5.92 Å². The molecular weight excluding hydrogens is 412 g/mol. The van der Waals surface area contributed by atoms with E-state index in [2.05, 4.69) is 12.1 Å². The fourth-order valence-corrected chi connectivity index (χ4v) is 4.55. The number of carbonyl (C=O) groups is 2. The number of benzene rings is 3. The molecule has 0 aliphatic carbocycles. The molecule has 5 heteroatoms. The zero-order valence-electron chi connectivity index (χ0n) is 19.2. The summed E-state index contributed by atoms with van der Waals surface area (Å²) >= 11 is 0. The minimum absolute atomic E-state index is 0.0237. The van der Waals surface area contributed by atoms with E-state index in [1.807, 2.05) is 83.5 Å². The lowest BCUT2D eigenvalue weighted by atomic mass is 9.91. The van der Waals surface area contributed by atoms with Crippen LogP contribution in [0.2, 0.25) is 0 Å². The normalized spacial score (nSPS) is 16.4. The Bertz CT molecular complexity index is 1110. The van der Waals surface area contributed by atoms with Crippen LogP contribution in [0.25, 0.3) is 11.1 Å². The van der Waals surface area contributed by atoms with E-state index in [9.17, 15) is 9.59 Å². The molecule has 33 heavy (non-hydrogen) atoms. The quantitative estimate of drug-likeness (QED) is 0.564. The Balaban J connectivity index is 1.66. The van der Waals surface area contributed by atoms with Crippen LogP contribution in [0.1, 0.15) is 22.8 Å². The van der Waals surface area contributed by atoms with E-state index in [0.717, 1.165) is 22.4 Å². The summed E-state index contributed by atoms with van der Waals surface area (Å²) in [5.41, 5.74) is 3.78. The average Bonchev–Trinajstić information content (AvgIpc) is 3.03. The molecule has 2 amide bonds. The summed E-state index contributed by atoms with van der Waals surface area (Å²) in [4.78, 5) is 30.3. The summed E-state index contributed by atoms with van der Waals surface area (Å²) < 4.78 is 5.59. The number of hydrogen-bond acceptors (Lipinski definition) is 3. The third-order valence-corrected chi connectivity index (χ3v) is 6.31. The van der Waals surface area contributed by atoms with E-state index >= 15 is 0 Å². The van der Waals surface area contributed by atoms with Crippen LogP contribution >= 0.6 is 0 Å². The Morgan fingerprint density at radius 2 is 1.58 bits per heavy atom. The first-order valence-corrected chi connectivity index (χ1v) is 11.5. The van der Waals surface area contributed by atoms with Gasteiger partial charge in [0.1, 0.15) is 5.75 Å². The predicted octanol–water partition coefficient (Wildman–Crippen LogP) is 4.53. The molecule has 1 aliphatic heterocycles. The van der Waals surface area contributed by atoms with E-state index in [-0.39, 0.29) is 17.7 Å². The summed E-state index contributed by atoms with van der Waals surface area (Å²) in [6.45, 7) is 4.13. The van der Waals surface area contributed by atoms with Crippen LogP contribution in [0, 0.1) is 5.92 Å². The molecule has 1 heterocycles. The predicted molar refractivity (Wildman–Crippen MR) is 130 cm³/mol. The third-order valence-electron chi connectivity index (χ3n) is 6.31. The Hall–Kier alpha value is -3.60. The number of carbonyl (C=O) groups excluding carboxylic acids is 2. The first-order chi connectivity index (χ1) is 16.1. The smallest absolute Gasteiger partial charge is 0.253 e. The highest BCUT2D eigenvalue weighted by molar-refractivity contribution is 5.95. The van der Waals surface area contributed by atoms with Gasteiger partial charge in [0.25, 0.3) is 5.91 Å². The van der Waals surface area contributed by atoms with Gasteiger partial charge >= 0.3 is 0 Å². The zero-order valence-corrected chi connectivity index (χ0v) is 19.2. The molecule has 1 atom stereocenters. The molecule has 1 aliphatic rings. The molecule has 0 spiro atoms. The Kier molecular flexibility index (Phi) is 7.08. The molecular formula is C28H30N2O3. The van der Waals surface area contributed by atoms with E-state index < -0.39 is 0 Å². The van der Waals surface area contributed by atoms with Crippen molar-refractivity contribution in [3.8, 4) is 16.9 Å². The Labute approximate surface area is 195 Å². The second-order valence-corrected chi connectivity index (χ2v) is 8.29. The molecule has 0 bridgehead atoms. The van der Waals surface area contributed by atoms with Gasteiger partial charge in [0.05, 0.1) is 13.0 Å². The van der Waals surface area contributed by atoms with E-state index in [0.29, 0.717) is 38.2 Å². The zero-order chi connectivity index (χ0) is 23.2. The van der Waals surface area contributed by atoms with Crippen molar-refractivity contribution in [2.75, 3.05) is 33.3 Å². The first kappa shape index (κ1) is 22.6. The lowest BCUT2D eigenvalue weighted by Gasteiger charge is -2.24. The number of amides is 2. The van der Waals surface area contributed by atoms with Gasteiger partial charge in [0.15, 0.2) is 0 Å². The molecule has 3 aromatic rings. The molecule has 0 saturated carbocycles. The average molecular weight is 443 g/mol. The Morgan fingerprint density at radius 3 is 2.30 bits per heavy atom. The van der Waals surface area contributed by atoms with Crippen LogP contribution in [0.15, 0.2) is 78.9 Å². The molecule has 170 valence electrons. The van der Waals surface area contributed by atoms with Gasteiger partial charge in [-0.1, -0.05) is 60.7 Å². The molecule has 3 aromatic carbocycles. The number of hydrogen-bond donors (Lipinski definition) is 0. The van der Waals surface area contributed by atoms with Gasteiger partial charge in [-0.25, -0.2) is 0 Å². The van der Waals surface area contributed by atoms with E-state index in [1.54, 1.807) is 7.11 Å². The maximum absolute atomic E-state index is 13.4. The van der Waals surface area contributed by atoms with Crippen LogP contribution < -0.4 is 4.74 Å². The minimum Gasteiger partial charge on any atom is -0.496 e. The number of nitrogens with zero attached hydrogens (tertiary/aromatic N) is 2. The fourth-order valence-electron chi connectivity index (χ4n) is 4.55. The third kappa shape index (κ3) is 4.92. The van der Waals surface area contributed by atoms with Gasteiger partial charge < -0.3 is 14.5 Å². The number of ether oxygens (including phenoxy) is 1. The molecule has 5 nitrogen and oxygen atoms in total. The lowest BCUT2D eigenvalue weighted by molar-refractivity contribution is -0.134. The summed E-state index contributed by atoms with van der Waals surface area (Å²) in [5, 5.41) is 0. The number of likely N-dealkylation sites (N-methyl/N-ethyl adjacent to an activating group) is 1. The minimum atomic E-state index is -0.309. The number of methoxy groups -OCH3 is 1. The second-order valence-electron chi connectivity index (χ2n) is 8.29.